The third kappa shape index (κ3) is 2.47. The van der Waals surface area contributed by atoms with E-state index in [4.69, 9.17) is 16.3 Å². The van der Waals surface area contributed by atoms with Crippen LogP contribution in [0.25, 0.3) is 0 Å². The Morgan fingerprint density at radius 1 is 1.35 bits per heavy atom. The molecule has 4 nitrogen and oxygen atoms in total. The molecule has 0 saturated carbocycles. The molecule has 0 radical (unpaired) electrons. The van der Waals surface area contributed by atoms with Crippen LogP contribution < -0.4 is 0 Å². The van der Waals surface area contributed by atoms with E-state index < -0.39 is 5.97 Å². The Labute approximate surface area is 104 Å². The van der Waals surface area contributed by atoms with Crippen molar-refractivity contribution >= 4 is 23.5 Å². The van der Waals surface area contributed by atoms with Gasteiger partial charge in [0.2, 0.25) is 5.90 Å². The highest BCUT2D eigenvalue weighted by Crippen LogP contribution is 2.22. The summed E-state index contributed by atoms with van der Waals surface area (Å²) in [5, 5.41) is 0.505. The fraction of sp³-hybridized carbons (Fsp3) is 0.167. The van der Waals surface area contributed by atoms with Gasteiger partial charge in [0.25, 0.3) is 0 Å². The van der Waals surface area contributed by atoms with Gasteiger partial charge in [-0.2, -0.15) is 0 Å². The maximum absolute atomic E-state index is 11.5. The summed E-state index contributed by atoms with van der Waals surface area (Å²) >= 11 is 6.00. The van der Waals surface area contributed by atoms with E-state index in [0.717, 1.165) is 0 Å². The highest BCUT2D eigenvalue weighted by atomic mass is 35.5. The minimum Gasteiger partial charge on any atom is -0.402 e. The maximum Gasteiger partial charge on any atom is 0.365 e. The topological polar surface area (TPSA) is 41.9 Å². The fourth-order valence-electron chi connectivity index (χ4n) is 1.39. The molecule has 0 bridgehead atoms. The second-order valence-electron chi connectivity index (χ2n) is 3.76. The molecule has 1 aromatic carbocycles. The summed E-state index contributed by atoms with van der Waals surface area (Å²) in [4.78, 5) is 17.4. The van der Waals surface area contributed by atoms with Gasteiger partial charge in [-0.15, -0.1) is 0 Å². The lowest BCUT2D eigenvalue weighted by Crippen LogP contribution is -2.08. The fourth-order valence-corrected chi connectivity index (χ4v) is 1.61. The molecular weight excluding hydrogens is 240 g/mol. The second-order valence-corrected chi connectivity index (χ2v) is 4.17. The van der Waals surface area contributed by atoms with Gasteiger partial charge in [-0.3, -0.25) is 0 Å². The van der Waals surface area contributed by atoms with E-state index >= 15 is 0 Å². The molecule has 1 aromatic rings. The van der Waals surface area contributed by atoms with Crippen LogP contribution in [-0.4, -0.2) is 30.9 Å². The number of rotatable bonds is 2. The zero-order chi connectivity index (χ0) is 12.4. The van der Waals surface area contributed by atoms with Gasteiger partial charge in [-0.05, 0) is 12.1 Å². The van der Waals surface area contributed by atoms with Crippen LogP contribution in [0.3, 0.4) is 0 Å². The molecule has 1 heterocycles. The molecule has 17 heavy (non-hydrogen) atoms. The van der Waals surface area contributed by atoms with Crippen molar-refractivity contribution in [3.05, 3.63) is 46.7 Å². The number of ether oxygens (including phenoxy) is 1. The van der Waals surface area contributed by atoms with E-state index in [1.54, 1.807) is 29.3 Å². The molecule has 5 heteroatoms. The molecule has 88 valence electrons. The lowest BCUT2D eigenvalue weighted by atomic mass is 10.2. The predicted octanol–water partition coefficient (Wildman–Crippen LogP) is 2.05. The zero-order valence-corrected chi connectivity index (χ0v) is 10.2. The summed E-state index contributed by atoms with van der Waals surface area (Å²) < 4.78 is 5.07. The van der Waals surface area contributed by atoms with Gasteiger partial charge in [0.15, 0.2) is 5.70 Å². The monoisotopic (exact) mass is 250 g/mol. The number of hydrogen-bond donors (Lipinski definition) is 0. The van der Waals surface area contributed by atoms with Crippen molar-refractivity contribution in [2.24, 2.45) is 4.99 Å². The summed E-state index contributed by atoms with van der Waals surface area (Å²) in [5.74, 6) is -0.220. The predicted molar refractivity (Wildman–Crippen MR) is 65.9 cm³/mol. The van der Waals surface area contributed by atoms with Crippen molar-refractivity contribution in [3.8, 4) is 0 Å². The minimum absolute atomic E-state index is 0.244. The minimum atomic E-state index is -0.464. The SMILES string of the molecule is CN(C)/C=C1\N=C(c2ccccc2Cl)OC1=O. The number of carbonyl (C=O) groups is 1. The standard InChI is InChI=1S/C12H11ClN2O2/c1-15(2)7-10-12(16)17-11(14-10)8-5-3-4-6-9(8)13/h3-7H,1-2H3/b10-7-. The Hall–Kier alpha value is -1.81. The van der Waals surface area contributed by atoms with Crippen LogP contribution in [-0.2, 0) is 9.53 Å². The van der Waals surface area contributed by atoms with Crippen molar-refractivity contribution < 1.29 is 9.53 Å². The average Bonchev–Trinajstić information content (AvgIpc) is 2.60. The second kappa shape index (κ2) is 4.59. The first-order valence-corrected chi connectivity index (χ1v) is 5.40. The lowest BCUT2D eigenvalue weighted by molar-refractivity contribution is -0.130. The molecule has 1 aliphatic rings. The van der Waals surface area contributed by atoms with Gasteiger partial charge in [0, 0.05) is 20.3 Å². The van der Waals surface area contributed by atoms with Crippen molar-refractivity contribution in [3.63, 3.8) is 0 Å². The number of esters is 1. The van der Waals surface area contributed by atoms with Gasteiger partial charge in [-0.25, -0.2) is 9.79 Å². The molecule has 2 rings (SSSR count). The molecule has 0 N–H and O–H groups in total. The molecule has 1 aliphatic heterocycles. The van der Waals surface area contributed by atoms with E-state index in [0.29, 0.717) is 10.6 Å². The number of benzene rings is 1. The van der Waals surface area contributed by atoms with Crippen LogP contribution in [0, 0.1) is 0 Å². The summed E-state index contributed by atoms with van der Waals surface area (Å²) in [6.07, 6.45) is 1.60. The van der Waals surface area contributed by atoms with Gasteiger partial charge in [-0.1, -0.05) is 23.7 Å². The largest absolute Gasteiger partial charge is 0.402 e. The van der Waals surface area contributed by atoms with E-state index in [1.165, 1.54) is 0 Å². The molecule has 0 aliphatic carbocycles. The third-order valence-electron chi connectivity index (χ3n) is 2.11. The third-order valence-corrected chi connectivity index (χ3v) is 2.43. The highest BCUT2D eigenvalue weighted by Gasteiger charge is 2.25. The Morgan fingerprint density at radius 3 is 2.71 bits per heavy atom. The van der Waals surface area contributed by atoms with Gasteiger partial charge < -0.3 is 9.64 Å². The molecule has 0 spiro atoms. The molecule has 0 aromatic heterocycles. The summed E-state index contributed by atoms with van der Waals surface area (Å²) in [7, 11) is 3.62. The number of cyclic esters (lactones) is 1. The number of hydrogen-bond acceptors (Lipinski definition) is 4. The van der Waals surface area contributed by atoms with Crippen LogP contribution in [0.5, 0.6) is 0 Å². The quantitative estimate of drug-likeness (QED) is 0.596. The van der Waals surface area contributed by atoms with E-state index in [-0.39, 0.29) is 11.6 Å². The smallest absolute Gasteiger partial charge is 0.365 e. The zero-order valence-electron chi connectivity index (χ0n) is 9.48. The van der Waals surface area contributed by atoms with E-state index in [2.05, 4.69) is 4.99 Å². The first-order valence-electron chi connectivity index (χ1n) is 5.02. The van der Waals surface area contributed by atoms with Gasteiger partial charge in [0.1, 0.15) is 0 Å². The van der Waals surface area contributed by atoms with Gasteiger partial charge >= 0.3 is 5.97 Å². The summed E-state index contributed by atoms with van der Waals surface area (Å²) in [6, 6.07) is 7.10. The van der Waals surface area contributed by atoms with Crippen molar-refractivity contribution in [2.75, 3.05) is 14.1 Å². The average molecular weight is 251 g/mol. The van der Waals surface area contributed by atoms with Crippen molar-refractivity contribution in [1.82, 2.24) is 4.90 Å². The number of halogens is 1. The Bertz CT molecular complexity index is 521. The summed E-state index contributed by atoms with van der Waals surface area (Å²) in [5.41, 5.74) is 0.884. The van der Waals surface area contributed by atoms with Crippen LogP contribution in [0.15, 0.2) is 41.2 Å². The highest BCUT2D eigenvalue weighted by molar-refractivity contribution is 6.34. The van der Waals surface area contributed by atoms with E-state index in [1.807, 2.05) is 20.2 Å². The normalized spacial score (nSPS) is 17.0. The number of carbonyl (C=O) groups excluding carboxylic acids is 1. The van der Waals surface area contributed by atoms with Crippen molar-refractivity contribution in [1.29, 1.82) is 0 Å². The number of nitrogens with zero attached hydrogens (tertiary/aromatic N) is 2. The number of aliphatic imine (C=N–C) groups is 1. The Morgan fingerprint density at radius 2 is 2.06 bits per heavy atom. The molecular formula is C12H11ClN2O2. The molecule has 0 atom stereocenters. The summed E-state index contributed by atoms with van der Waals surface area (Å²) in [6.45, 7) is 0. The molecule has 0 fully saturated rings. The lowest BCUT2D eigenvalue weighted by Gasteiger charge is -2.02. The van der Waals surface area contributed by atoms with Crippen LogP contribution >= 0.6 is 11.6 Å². The van der Waals surface area contributed by atoms with Crippen LogP contribution in [0.1, 0.15) is 5.56 Å². The Kier molecular flexibility index (Phi) is 3.15. The van der Waals surface area contributed by atoms with Crippen molar-refractivity contribution in [2.45, 2.75) is 0 Å². The van der Waals surface area contributed by atoms with E-state index in [9.17, 15) is 4.79 Å². The Balaban J connectivity index is 2.37. The first-order chi connectivity index (χ1) is 8.08. The maximum atomic E-state index is 11.5. The molecule has 0 saturated heterocycles. The van der Waals surface area contributed by atoms with Crippen LogP contribution in [0.4, 0.5) is 0 Å². The molecule has 0 amide bonds. The first kappa shape index (κ1) is 11.7. The molecule has 0 unspecified atom stereocenters. The van der Waals surface area contributed by atoms with Gasteiger partial charge in [0.05, 0.1) is 10.6 Å². The van der Waals surface area contributed by atoms with Crippen LogP contribution in [0.2, 0.25) is 5.02 Å².